The van der Waals surface area contributed by atoms with Crippen molar-refractivity contribution in [1.82, 2.24) is 15.5 Å². The number of hydrogen-bond acceptors (Lipinski definition) is 4. The standard InChI is InChI=1S/C21H35FN4O2/c1-5-23-21(24-15-17-8-10-26(11-9-17)12-13-27-3)25-16(2)18-6-7-20(28-4)19(22)14-18/h6-7,14,16-17H,5,8-13,15H2,1-4H3,(H2,23,24,25). The number of piperidine rings is 1. The molecule has 0 spiro atoms. The number of benzene rings is 1. The molecule has 0 amide bonds. The Kier molecular flexibility index (Phi) is 9.50. The first-order chi connectivity index (χ1) is 13.6. The summed E-state index contributed by atoms with van der Waals surface area (Å²) in [5, 5.41) is 6.67. The monoisotopic (exact) mass is 394 g/mol. The van der Waals surface area contributed by atoms with E-state index in [1.807, 2.05) is 19.9 Å². The lowest BCUT2D eigenvalue weighted by molar-refractivity contribution is 0.121. The molecule has 1 fully saturated rings. The van der Waals surface area contributed by atoms with E-state index in [0.29, 0.717) is 5.92 Å². The molecule has 28 heavy (non-hydrogen) atoms. The number of halogens is 1. The van der Waals surface area contributed by atoms with Gasteiger partial charge in [-0.2, -0.15) is 0 Å². The first kappa shape index (κ1) is 22.4. The average molecular weight is 395 g/mol. The van der Waals surface area contributed by atoms with Crippen molar-refractivity contribution in [2.24, 2.45) is 10.9 Å². The highest BCUT2D eigenvalue weighted by Crippen LogP contribution is 2.22. The molecule has 0 aliphatic carbocycles. The fourth-order valence-electron chi connectivity index (χ4n) is 3.39. The van der Waals surface area contributed by atoms with Crippen molar-refractivity contribution in [3.05, 3.63) is 29.6 Å². The molecule has 2 N–H and O–H groups in total. The minimum atomic E-state index is -0.351. The van der Waals surface area contributed by atoms with Crippen molar-refractivity contribution in [3.8, 4) is 5.75 Å². The van der Waals surface area contributed by atoms with Crippen LogP contribution < -0.4 is 15.4 Å². The Hall–Kier alpha value is -1.86. The topological polar surface area (TPSA) is 58.1 Å². The van der Waals surface area contributed by atoms with E-state index in [1.54, 1.807) is 13.2 Å². The minimum Gasteiger partial charge on any atom is -0.494 e. The predicted octanol–water partition coefficient (Wildman–Crippen LogP) is 2.81. The summed E-state index contributed by atoms with van der Waals surface area (Å²) in [5.41, 5.74) is 0.857. The smallest absolute Gasteiger partial charge is 0.191 e. The van der Waals surface area contributed by atoms with Crippen LogP contribution in [0.15, 0.2) is 23.2 Å². The van der Waals surface area contributed by atoms with Crippen LogP contribution in [0, 0.1) is 11.7 Å². The second-order valence-corrected chi connectivity index (χ2v) is 7.26. The van der Waals surface area contributed by atoms with Gasteiger partial charge < -0.3 is 25.0 Å². The molecule has 1 saturated heterocycles. The van der Waals surface area contributed by atoms with E-state index in [-0.39, 0.29) is 17.6 Å². The quantitative estimate of drug-likeness (QED) is 0.498. The van der Waals surface area contributed by atoms with Crippen molar-refractivity contribution >= 4 is 5.96 Å². The van der Waals surface area contributed by atoms with E-state index >= 15 is 0 Å². The number of rotatable bonds is 9. The Morgan fingerprint density at radius 2 is 2.07 bits per heavy atom. The second-order valence-electron chi connectivity index (χ2n) is 7.26. The molecule has 1 aromatic carbocycles. The molecule has 158 valence electrons. The van der Waals surface area contributed by atoms with E-state index in [0.717, 1.165) is 63.7 Å². The van der Waals surface area contributed by atoms with Gasteiger partial charge in [0.1, 0.15) is 0 Å². The third kappa shape index (κ3) is 6.95. The molecule has 1 aliphatic heterocycles. The fraction of sp³-hybridized carbons (Fsp3) is 0.667. The zero-order chi connectivity index (χ0) is 20.4. The maximum absolute atomic E-state index is 14.0. The Labute approximate surface area is 168 Å². The molecule has 6 nitrogen and oxygen atoms in total. The van der Waals surface area contributed by atoms with Gasteiger partial charge in [-0.3, -0.25) is 4.99 Å². The molecule has 7 heteroatoms. The third-order valence-corrected chi connectivity index (χ3v) is 5.20. The van der Waals surface area contributed by atoms with Crippen molar-refractivity contribution in [2.75, 3.05) is 53.6 Å². The van der Waals surface area contributed by atoms with Gasteiger partial charge in [-0.15, -0.1) is 0 Å². The Bertz CT molecular complexity index is 618. The van der Waals surface area contributed by atoms with Gasteiger partial charge in [0.25, 0.3) is 0 Å². The van der Waals surface area contributed by atoms with Crippen LogP contribution in [0.1, 0.15) is 38.3 Å². The van der Waals surface area contributed by atoms with Crippen molar-refractivity contribution in [2.45, 2.75) is 32.7 Å². The van der Waals surface area contributed by atoms with Gasteiger partial charge in [-0.1, -0.05) is 6.07 Å². The van der Waals surface area contributed by atoms with Gasteiger partial charge in [0, 0.05) is 26.7 Å². The third-order valence-electron chi connectivity index (χ3n) is 5.20. The molecule has 0 bridgehead atoms. The summed E-state index contributed by atoms with van der Waals surface area (Å²) in [6.45, 7) is 9.64. The molecular formula is C21H35FN4O2. The van der Waals surface area contributed by atoms with Crippen LogP contribution in [0.25, 0.3) is 0 Å². The van der Waals surface area contributed by atoms with Gasteiger partial charge in [0.05, 0.1) is 19.8 Å². The lowest BCUT2D eigenvalue weighted by atomic mass is 9.97. The number of nitrogens with zero attached hydrogens (tertiary/aromatic N) is 2. The summed E-state index contributed by atoms with van der Waals surface area (Å²) in [5.74, 6) is 1.28. The molecule has 1 heterocycles. The van der Waals surface area contributed by atoms with E-state index in [2.05, 4.69) is 15.5 Å². The number of nitrogens with one attached hydrogen (secondary N) is 2. The Balaban J connectivity index is 1.89. The molecule has 0 radical (unpaired) electrons. The van der Waals surface area contributed by atoms with Crippen molar-refractivity contribution in [3.63, 3.8) is 0 Å². The highest BCUT2D eigenvalue weighted by atomic mass is 19.1. The molecule has 0 saturated carbocycles. The predicted molar refractivity (Wildman–Crippen MR) is 112 cm³/mol. The number of hydrogen-bond donors (Lipinski definition) is 2. The Morgan fingerprint density at radius 3 is 2.68 bits per heavy atom. The van der Waals surface area contributed by atoms with Crippen LogP contribution in [-0.4, -0.2) is 64.4 Å². The van der Waals surface area contributed by atoms with E-state index < -0.39 is 0 Å². The maximum atomic E-state index is 14.0. The minimum absolute atomic E-state index is 0.0610. The second kappa shape index (κ2) is 11.9. The highest BCUT2D eigenvalue weighted by Gasteiger charge is 2.19. The number of methoxy groups -OCH3 is 2. The number of likely N-dealkylation sites (tertiary alicyclic amines) is 1. The van der Waals surface area contributed by atoms with Crippen LogP contribution in [0.3, 0.4) is 0 Å². The molecule has 1 atom stereocenters. The van der Waals surface area contributed by atoms with Crippen LogP contribution >= 0.6 is 0 Å². The first-order valence-corrected chi connectivity index (χ1v) is 10.2. The molecule has 2 rings (SSSR count). The lowest BCUT2D eigenvalue weighted by Gasteiger charge is -2.31. The fourth-order valence-corrected chi connectivity index (χ4v) is 3.39. The van der Waals surface area contributed by atoms with Crippen molar-refractivity contribution < 1.29 is 13.9 Å². The lowest BCUT2D eigenvalue weighted by Crippen LogP contribution is -2.40. The van der Waals surface area contributed by atoms with E-state index in [4.69, 9.17) is 14.5 Å². The van der Waals surface area contributed by atoms with Crippen molar-refractivity contribution in [1.29, 1.82) is 0 Å². The first-order valence-electron chi connectivity index (χ1n) is 10.2. The summed E-state index contributed by atoms with van der Waals surface area (Å²) >= 11 is 0. The molecule has 1 unspecified atom stereocenters. The SMILES string of the molecule is CCNC(=NCC1CCN(CCOC)CC1)NC(C)c1ccc(OC)c(F)c1. The summed E-state index contributed by atoms with van der Waals surface area (Å²) in [4.78, 5) is 7.23. The van der Waals surface area contributed by atoms with Gasteiger partial charge in [0.15, 0.2) is 17.5 Å². The number of aliphatic imine (C=N–C) groups is 1. The van der Waals surface area contributed by atoms with E-state index in [9.17, 15) is 4.39 Å². The molecule has 1 aliphatic rings. The van der Waals surface area contributed by atoms with Crippen LogP contribution in [0.5, 0.6) is 5.75 Å². The molecular weight excluding hydrogens is 359 g/mol. The average Bonchev–Trinajstić information content (AvgIpc) is 2.71. The van der Waals surface area contributed by atoms with Gasteiger partial charge >= 0.3 is 0 Å². The summed E-state index contributed by atoms with van der Waals surface area (Å²) < 4.78 is 24.1. The Morgan fingerprint density at radius 1 is 1.32 bits per heavy atom. The van der Waals surface area contributed by atoms with Crippen LogP contribution in [0.2, 0.25) is 0 Å². The van der Waals surface area contributed by atoms with E-state index in [1.165, 1.54) is 13.2 Å². The van der Waals surface area contributed by atoms with Crippen LogP contribution in [0.4, 0.5) is 4.39 Å². The van der Waals surface area contributed by atoms with Gasteiger partial charge in [-0.25, -0.2) is 4.39 Å². The molecule has 1 aromatic rings. The molecule has 0 aromatic heterocycles. The zero-order valence-electron chi connectivity index (χ0n) is 17.6. The normalized spacial score (nSPS) is 17.4. The van der Waals surface area contributed by atoms with Crippen LogP contribution in [-0.2, 0) is 4.74 Å². The van der Waals surface area contributed by atoms with Gasteiger partial charge in [-0.05, 0) is 63.4 Å². The highest BCUT2D eigenvalue weighted by molar-refractivity contribution is 5.80. The number of ether oxygens (including phenoxy) is 2. The maximum Gasteiger partial charge on any atom is 0.191 e. The zero-order valence-corrected chi connectivity index (χ0v) is 17.6. The van der Waals surface area contributed by atoms with Gasteiger partial charge in [0.2, 0.25) is 0 Å². The number of guanidine groups is 1. The summed E-state index contributed by atoms with van der Waals surface area (Å²) in [6, 6.07) is 4.98. The summed E-state index contributed by atoms with van der Waals surface area (Å²) in [6.07, 6.45) is 2.32. The summed E-state index contributed by atoms with van der Waals surface area (Å²) in [7, 11) is 3.22. The largest absolute Gasteiger partial charge is 0.494 e.